The Labute approximate surface area is 241 Å². The molecule has 0 bridgehead atoms. The molecule has 42 heavy (non-hydrogen) atoms. The minimum absolute atomic E-state index is 0.0186. The summed E-state index contributed by atoms with van der Waals surface area (Å²) in [4.78, 5) is 43.6. The van der Waals surface area contributed by atoms with E-state index >= 15 is 0 Å². The van der Waals surface area contributed by atoms with Gasteiger partial charge in [0.1, 0.15) is 18.8 Å². The van der Waals surface area contributed by atoms with Gasteiger partial charge in [0.15, 0.2) is 0 Å². The maximum Gasteiger partial charge on any atom is 0.416 e. The van der Waals surface area contributed by atoms with Gasteiger partial charge < -0.3 is 20.3 Å². The quantitative estimate of drug-likeness (QED) is 0.439. The molecule has 2 fully saturated rings. The SMILES string of the molecule is NCCC[C@H]1C(=O)N(Cc2ccc(Cl)cc2)C[C@@H]2N(C(=O)OCc3cc(C(F)(F)F)cc(C(F)(F)F)c3)CCC(=O)N21. The number of nitrogens with zero attached hydrogens (tertiary/aromatic N) is 3. The molecule has 0 radical (unpaired) electrons. The van der Waals surface area contributed by atoms with Crippen LogP contribution in [0.5, 0.6) is 0 Å². The van der Waals surface area contributed by atoms with Crippen molar-refractivity contribution in [3.8, 4) is 0 Å². The van der Waals surface area contributed by atoms with Gasteiger partial charge in [-0.05, 0) is 60.8 Å². The average molecular weight is 621 g/mol. The van der Waals surface area contributed by atoms with Crippen molar-refractivity contribution in [2.45, 2.75) is 57.0 Å². The lowest BCUT2D eigenvalue weighted by Gasteiger charge is -2.51. The standard InChI is InChI=1S/C27H27ClF6N4O4/c28-20-5-3-16(4-6-20)13-36-14-22-37(9-7-23(39)38(22)21(24(36)40)2-1-8-35)25(41)42-15-17-10-18(26(29,30)31)12-19(11-17)27(32,33)34/h3-6,10-12,21-22H,1-2,7-9,13-15,35H2/t21-,22+/m0/s1. The van der Waals surface area contributed by atoms with E-state index in [2.05, 4.69) is 0 Å². The summed E-state index contributed by atoms with van der Waals surface area (Å²) in [6.45, 7) is -0.713. The number of hydrogen-bond donors (Lipinski definition) is 1. The first-order valence-corrected chi connectivity index (χ1v) is 13.3. The maximum atomic E-state index is 13.5. The summed E-state index contributed by atoms with van der Waals surface area (Å²) in [6.07, 6.45) is -11.7. The van der Waals surface area contributed by atoms with Crippen LogP contribution < -0.4 is 5.73 Å². The zero-order valence-electron chi connectivity index (χ0n) is 22.1. The minimum Gasteiger partial charge on any atom is -0.444 e. The lowest BCUT2D eigenvalue weighted by atomic mass is 9.99. The predicted octanol–water partition coefficient (Wildman–Crippen LogP) is 5.02. The van der Waals surface area contributed by atoms with Gasteiger partial charge in [-0.25, -0.2) is 4.79 Å². The molecule has 2 N–H and O–H groups in total. The van der Waals surface area contributed by atoms with Crippen LogP contribution in [0.15, 0.2) is 42.5 Å². The van der Waals surface area contributed by atoms with Crippen LogP contribution in [0.25, 0.3) is 0 Å². The van der Waals surface area contributed by atoms with E-state index in [0.717, 1.165) is 10.5 Å². The number of hydrogen-bond acceptors (Lipinski definition) is 5. The van der Waals surface area contributed by atoms with Crippen molar-refractivity contribution in [2.75, 3.05) is 19.6 Å². The first-order valence-electron chi connectivity index (χ1n) is 12.9. The molecule has 0 aliphatic carbocycles. The third kappa shape index (κ3) is 7.09. The minimum atomic E-state index is -5.06. The molecule has 8 nitrogen and oxygen atoms in total. The Morgan fingerprint density at radius 2 is 1.60 bits per heavy atom. The number of fused-ring (bicyclic) bond motifs is 1. The van der Waals surface area contributed by atoms with Gasteiger partial charge in [-0.15, -0.1) is 0 Å². The number of amides is 3. The molecule has 2 aliphatic rings. The lowest BCUT2D eigenvalue weighted by molar-refractivity contribution is -0.169. The zero-order chi connectivity index (χ0) is 30.8. The second kappa shape index (κ2) is 12.4. The van der Waals surface area contributed by atoms with E-state index in [0.29, 0.717) is 23.6 Å². The summed E-state index contributed by atoms with van der Waals surface area (Å²) < 4.78 is 84.7. The highest BCUT2D eigenvalue weighted by molar-refractivity contribution is 6.30. The van der Waals surface area contributed by atoms with Crippen LogP contribution in [0.1, 0.15) is 41.5 Å². The number of carbonyl (C=O) groups excluding carboxylic acids is 3. The summed E-state index contributed by atoms with van der Waals surface area (Å²) >= 11 is 5.95. The Kier molecular flexibility index (Phi) is 9.26. The third-order valence-corrected chi connectivity index (χ3v) is 7.32. The molecule has 2 aromatic carbocycles. The molecule has 15 heteroatoms. The number of halogens is 7. The summed E-state index contributed by atoms with van der Waals surface area (Å²) in [6, 6.07) is 6.74. The fourth-order valence-electron chi connectivity index (χ4n) is 5.07. The maximum absolute atomic E-state index is 13.5. The van der Waals surface area contributed by atoms with E-state index in [1.54, 1.807) is 24.3 Å². The number of nitrogens with two attached hydrogens (primary N) is 1. The molecule has 2 saturated heterocycles. The molecule has 4 rings (SSSR count). The smallest absolute Gasteiger partial charge is 0.416 e. The second-order valence-electron chi connectivity index (χ2n) is 9.99. The van der Waals surface area contributed by atoms with E-state index in [4.69, 9.17) is 22.1 Å². The second-order valence-corrected chi connectivity index (χ2v) is 10.4. The Balaban J connectivity index is 1.58. The molecule has 0 saturated carbocycles. The molecular weight excluding hydrogens is 594 g/mol. The van der Waals surface area contributed by atoms with Gasteiger partial charge in [0.2, 0.25) is 11.8 Å². The van der Waals surface area contributed by atoms with Gasteiger partial charge in [-0.3, -0.25) is 14.5 Å². The van der Waals surface area contributed by atoms with Crippen molar-refractivity contribution in [1.29, 1.82) is 0 Å². The molecular formula is C27H27ClF6N4O4. The monoisotopic (exact) mass is 620 g/mol. The Morgan fingerprint density at radius 1 is 0.976 bits per heavy atom. The van der Waals surface area contributed by atoms with Crippen molar-refractivity contribution < 1.29 is 45.5 Å². The van der Waals surface area contributed by atoms with Gasteiger partial charge >= 0.3 is 18.4 Å². The number of alkyl halides is 6. The number of carbonyl (C=O) groups is 3. The number of benzene rings is 2. The van der Waals surface area contributed by atoms with Gasteiger partial charge in [-0.1, -0.05) is 23.7 Å². The highest BCUT2D eigenvalue weighted by atomic mass is 35.5. The third-order valence-electron chi connectivity index (χ3n) is 7.06. The van der Waals surface area contributed by atoms with Crippen LogP contribution in [-0.4, -0.2) is 64.4 Å². The van der Waals surface area contributed by atoms with Gasteiger partial charge in [0.25, 0.3) is 0 Å². The predicted molar refractivity (Wildman–Crippen MR) is 138 cm³/mol. The van der Waals surface area contributed by atoms with Crippen LogP contribution >= 0.6 is 11.6 Å². The molecule has 2 aliphatic heterocycles. The Hall–Kier alpha value is -3.52. The highest BCUT2D eigenvalue weighted by Gasteiger charge is 2.49. The molecule has 2 aromatic rings. The van der Waals surface area contributed by atoms with E-state index < -0.39 is 54.0 Å². The van der Waals surface area contributed by atoms with E-state index in [-0.39, 0.29) is 56.9 Å². The Morgan fingerprint density at radius 3 is 2.17 bits per heavy atom. The van der Waals surface area contributed by atoms with Crippen molar-refractivity contribution in [2.24, 2.45) is 5.73 Å². The summed E-state index contributed by atoms with van der Waals surface area (Å²) in [5, 5.41) is 0.491. The lowest BCUT2D eigenvalue weighted by Crippen LogP contribution is -2.71. The van der Waals surface area contributed by atoms with E-state index in [1.807, 2.05) is 0 Å². The normalized spacial score (nSPS) is 19.7. The fourth-order valence-corrected chi connectivity index (χ4v) is 5.19. The topological polar surface area (TPSA) is 96.2 Å². The largest absolute Gasteiger partial charge is 0.444 e. The van der Waals surface area contributed by atoms with Crippen LogP contribution in [0.4, 0.5) is 31.1 Å². The number of rotatable bonds is 7. The first kappa shape index (κ1) is 31.4. The van der Waals surface area contributed by atoms with Crippen molar-refractivity contribution >= 4 is 29.5 Å². The van der Waals surface area contributed by atoms with Crippen molar-refractivity contribution in [3.05, 3.63) is 69.7 Å². The van der Waals surface area contributed by atoms with E-state index in [1.165, 1.54) is 9.80 Å². The summed E-state index contributed by atoms with van der Waals surface area (Å²) in [5.41, 5.74) is 2.79. The van der Waals surface area contributed by atoms with Crippen LogP contribution in [0, 0.1) is 0 Å². The van der Waals surface area contributed by atoms with E-state index in [9.17, 15) is 40.7 Å². The number of ether oxygens (including phenoxy) is 1. The van der Waals surface area contributed by atoms with Crippen molar-refractivity contribution in [1.82, 2.24) is 14.7 Å². The summed E-state index contributed by atoms with van der Waals surface area (Å²) in [5.74, 6) is -0.722. The van der Waals surface area contributed by atoms with Gasteiger partial charge in [0, 0.05) is 24.5 Å². The van der Waals surface area contributed by atoms with Crippen molar-refractivity contribution in [3.63, 3.8) is 0 Å². The van der Waals surface area contributed by atoms with Gasteiger partial charge in [0.05, 0.1) is 17.7 Å². The molecule has 3 amide bonds. The molecule has 0 spiro atoms. The molecule has 0 unspecified atom stereocenters. The van der Waals surface area contributed by atoms with Crippen LogP contribution in [0.3, 0.4) is 0 Å². The van der Waals surface area contributed by atoms with Crippen LogP contribution in [-0.2, 0) is 39.8 Å². The molecule has 0 aromatic heterocycles. The Bertz CT molecular complexity index is 1290. The van der Waals surface area contributed by atoms with Gasteiger partial charge in [-0.2, -0.15) is 26.3 Å². The molecule has 228 valence electrons. The van der Waals surface area contributed by atoms with Crippen LogP contribution in [0.2, 0.25) is 5.02 Å². The number of piperazine rings is 1. The zero-order valence-corrected chi connectivity index (χ0v) is 22.8. The first-order chi connectivity index (χ1) is 19.7. The average Bonchev–Trinajstić information content (AvgIpc) is 2.92. The molecule has 2 heterocycles. The summed E-state index contributed by atoms with van der Waals surface area (Å²) in [7, 11) is 0. The fraction of sp³-hybridized carbons (Fsp3) is 0.444. The molecule has 2 atom stereocenters. The highest BCUT2D eigenvalue weighted by Crippen LogP contribution is 2.37.